The average Bonchev–Trinajstić information content (AvgIpc) is 3.15. The van der Waals surface area contributed by atoms with E-state index in [0.717, 1.165) is 37.2 Å². The maximum atomic E-state index is 11.8. The van der Waals surface area contributed by atoms with Gasteiger partial charge in [-0.15, -0.1) is 11.3 Å². The molecular formula is C22H13NO2S. The normalized spacial score (nSPS) is 11.4. The minimum atomic E-state index is -0.279. The van der Waals surface area contributed by atoms with Crippen molar-refractivity contribution in [2.75, 3.05) is 0 Å². The predicted octanol–water partition coefficient (Wildman–Crippen LogP) is 6.78. The Balaban J connectivity index is 2.02. The fourth-order valence-corrected chi connectivity index (χ4v) is 4.65. The molecule has 5 aromatic rings. The van der Waals surface area contributed by atoms with Gasteiger partial charge in [-0.05, 0) is 56.1 Å². The number of benzene rings is 4. The van der Waals surface area contributed by atoms with Crippen LogP contribution in [0.3, 0.4) is 0 Å². The number of nitro benzene ring substituents is 1. The van der Waals surface area contributed by atoms with Gasteiger partial charge in [-0.2, -0.15) is 0 Å². The average molecular weight is 355 g/mol. The van der Waals surface area contributed by atoms with Crippen LogP contribution in [-0.4, -0.2) is 4.92 Å². The van der Waals surface area contributed by atoms with Crippen molar-refractivity contribution in [3.63, 3.8) is 0 Å². The third-order valence-electron chi connectivity index (χ3n) is 4.83. The van der Waals surface area contributed by atoms with Crippen molar-refractivity contribution >= 4 is 48.7 Å². The van der Waals surface area contributed by atoms with Crippen molar-refractivity contribution in [2.45, 2.75) is 0 Å². The molecule has 0 spiro atoms. The Hall–Kier alpha value is -3.24. The van der Waals surface area contributed by atoms with Gasteiger partial charge in [-0.25, -0.2) is 0 Å². The Kier molecular flexibility index (Phi) is 3.27. The first-order valence-electron chi connectivity index (χ1n) is 8.29. The molecule has 0 radical (unpaired) electrons. The lowest BCUT2D eigenvalue weighted by atomic mass is 9.92. The Morgan fingerprint density at radius 2 is 1.50 bits per heavy atom. The second-order valence-corrected chi connectivity index (χ2v) is 7.16. The molecule has 0 saturated heterocycles. The van der Waals surface area contributed by atoms with Crippen molar-refractivity contribution in [1.82, 2.24) is 0 Å². The summed E-state index contributed by atoms with van der Waals surface area (Å²) in [5.74, 6) is 0. The standard InChI is InChI=1S/C22H13NO2S/c24-23(25)20-10-9-14-11-12-26-22(14)21(20)19-13-15-5-1-2-6-16(15)17-7-3-4-8-18(17)19/h1-13H. The van der Waals surface area contributed by atoms with Crippen molar-refractivity contribution in [1.29, 1.82) is 0 Å². The van der Waals surface area contributed by atoms with Gasteiger partial charge in [0.1, 0.15) is 0 Å². The summed E-state index contributed by atoms with van der Waals surface area (Å²) in [4.78, 5) is 11.5. The van der Waals surface area contributed by atoms with Crippen LogP contribution in [-0.2, 0) is 0 Å². The topological polar surface area (TPSA) is 43.1 Å². The van der Waals surface area contributed by atoms with Crippen LogP contribution >= 0.6 is 11.3 Å². The summed E-state index contributed by atoms with van der Waals surface area (Å²) in [5.41, 5.74) is 1.78. The Morgan fingerprint density at radius 1 is 0.769 bits per heavy atom. The quantitative estimate of drug-likeness (QED) is 0.199. The molecule has 4 heteroatoms. The molecule has 0 N–H and O–H groups in total. The van der Waals surface area contributed by atoms with Crippen LogP contribution in [0.1, 0.15) is 0 Å². The number of nitro groups is 1. The van der Waals surface area contributed by atoms with E-state index in [0.29, 0.717) is 5.56 Å². The highest BCUT2D eigenvalue weighted by molar-refractivity contribution is 7.17. The Morgan fingerprint density at radius 3 is 2.31 bits per heavy atom. The third-order valence-corrected chi connectivity index (χ3v) is 5.78. The van der Waals surface area contributed by atoms with Gasteiger partial charge in [0.05, 0.1) is 10.5 Å². The van der Waals surface area contributed by atoms with Crippen molar-refractivity contribution in [3.8, 4) is 11.1 Å². The van der Waals surface area contributed by atoms with E-state index in [2.05, 4.69) is 24.3 Å². The molecule has 1 aromatic heterocycles. The summed E-state index contributed by atoms with van der Waals surface area (Å²) in [7, 11) is 0. The first-order valence-corrected chi connectivity index (χ1v) is 9.17. The van der Waals surface area contributed by atoms with E-state index >= 15 is 0 Å². The molecule has 0 aliphatic rings. The van der Waals surface area contributed by atoms with Crippen LogP contribution in [0.2, 0.25) is 0 Å². The van der Waals surface area contributed by atoms with Gasteiger partial charge in [0.2, 0.25) is 0 Å². The number of hydrogen-bond acceptors (Lipinski definition) is 3. The van der Waals surface area contributed by atoms with Crippen LogP contribution in [0.15, 0.2) is 78.2 Å². The van der Waals surface area contributed by atoms with E-state index in [-0.39, 0.29) is 10.6 Å². The second kappa shape index (κ2) is 5.64. The van der Waals surface area contributed by atoms with Gasteiger partial charge in [0.25, 0.3) is 5.69 Å². The third kappa shape index (κ3) is 2.13. The highest BCUT2D eigenvalue weighted by Crippen LogP contribution is 2.44. The zero-order valence-electron chi connectivity index (χ0n) is 13.7. The van der Waals surface area contributed by atoms with Gasteiger partial charge in [0.15, 0.2) is 0 Å². The Labute approximate surface area is 153 Å². The zero-order chi connectivity index (χ0) is 17.7. The minimum Gasteiger partial charge on any atom is -0.258 e. The van der Waals surface area contributed by atoms with E-state index < -0.39 is 0 Å². The second-order valence-electron chi connectivity index (χ2n) is 6.25. The minimum absolute atomic E-state index is 0.153. The number of rotatable bonds is 2. The molecule has 0 aliphatic carbocycles. The monoisotopic (exact) mass is 355 g/mol. The van der Waals surface area contributed by atoms with Crippen LogP contribution < -0.4 is 0 Å². The van der Waals surface area contributed by atoms with Gasteiger partial charge in [-0.3, -0.25) is 10.1 Å². The molecule has 0 atom stereocenters. The van der Waals surface area contributed by atoms with Crippen molar-refractivity contribution in [3.05, 3.63) is 88.3 Å². The number of fused-ring (bicyclic) bond motifs is 4. The zero-order valence-corrected chi connectivity index (χ0v) is 14.5. The van der Waals surface area contributed by atoms with Gasteiger partial charge in [-0.1, -0.05) is 48.5 Å². The lowest BCUT2D eigenvalue weighted by Crippen LogP contribution is -1.93. The van der Waals surface area contributed by atoms with Crippen molar-refractivity contribution in [2.24, 2.45) is 0 Å². The fraction of sp³-hybridized carbons (Fsp3) is 0. The first kappa shape index (κ1) is 15.0. The molecule has 3 nitrogen and oxygen atoms in total. The molecule has 0 fully saturated rings. The maximum absolute atomic E-state index is 11.8. The summed E-state index contributed by atoms with van der Waals surface area (Å²) >= 11 is 1.55. The molecule has 1 heterocycles. The molecule has 0 unspecified atom stereocenters. The van der Waals surface area contributed by atoms with Crippen molar-refractivity contribution < 1.29 is 4.92 Å². The number of nitrogens with zero attached hydrogens (tertiary/aromatic N) is 1. The number of hydrogen-bond donors (Lipinski definition) is 0. The summed E-state index contributed by atoms with van der Waals surface area (Å²) in [6, 6.07) is 23.9. The smallest absolute Gasteiger partial charge is 0.258 e. The molecule has 0 aliphatic heterocycles. The maximum Gasteiger partial charge on any atom is 0.278 e. The summed E-state index contributed by atoms with van der Waals surface area (Å²) in [6.45, 7) is 0. The molecule has 0 bridgehead atoms. The van der Waals surface area contributed by atoms with E-state index in [9.17, 15) is 10.1 Å². The predicted molar refractivity (Wildman–Crippen MR) is 109 cm³/mol. The molecule has 124 valence electrons. The highest BCUT2D eigenvalue weighted by atomic mass is 32.1. The van der Waals surface area contributed by atoms with Crippen LogP contribution in [0, 0.1) is 10.1 Å². The molecule has 0 amide bonds. The summed E-state index contributed by atoms with van der Waals surface area (Å²) in [5, 5.41) is 19.2. The highest BCUT2D eigenvalue weighted by Gasteiger charge is 2.21. The summed E-state index contributed by atoms with van der Waals surface area (Å²) in [6.07, 6.45) is 0. The molecule has 26 heavy (non-hydrogen) atoms. The molecule has 0 saturated carbocycles. The lowest BCUT2D eigenvalue weighted by Gasteiger charge is -2.12. The van der Waals surface area contributed by atoms with E-state index in [1.807, 2.05) is 47.8 Å². The Bertz CT molecular complexity index is 1320. The van der Waals surface area contributed by atoms with Gasteiger partial charge < -0.3 is 0 Å². The van der Waals surface area contributed by atoms with E-state index in [4.69, 9.17) is 0 Å². The molecular weight excluding hydrogens is 342 g/mol. The molecule has 4 aromatic carbocycles. The summed E-state index contributed by atoms with van der Waals surface area (Å²) < 4.78 is 0.958. The van der Waals surface area contributed by atoms with Gasteiger partial charge in [0, 0.05) is 10.8 Å². The van der Waals surface area contributed by atoms with E-state index in [1.54, 1.807) is 17.4 Å². The largest absolute Gasteiger partial charge is 0.278 e. The van der Waals surface area contributed by atoms with E-state index in [1.165, 1.54) is 0 Å². The van der Waals surface area contributed by atoms with Gasteiger partial charge >= 0.3 is 0 Å². The SMILES string of the molecule is O=[N+]([O-])c1ccc2ccsc2c1-c1cc2ccccc2c2ccccc12. The lowest BCUT2D eigenvalue weighted by molar-refractivity contribution is -0.384. The van der Waals surface area contributed by atoms with Crippen LogP contribution in [0.5, 0.6) is 0 Å². The number of thiophene rings is 1. The van der Waals surface area contributed by atoms with Crippen LogP contribution in [0.4, 0.5) is 5.69 Å². The fourth-order valence-electron chi connectivity index (χ4n) is 3.70. The first-order chi connectivity index (χ1) is 12.7. The van der Waals surface area contributed by atoms with Crippen LogP contribution in [0.25, 0.3) is 42.8 Å². The molecule has 5 rings (SSSR count).